The number of nitrogens with one attached hydrogen (secondary N) is 1. The van der Waals surface area contributed by atoms with Gasteiger partial charge in [-0.15, -0.1) is 0 Å². The lowest BCUT2D eigenvalue weighted by atomic mass is 10.1. The van der Waals surface area contributed by atoms with Crippen LogP contribution >= 0.6 is 11.8 Å². The van der Waals surface area contributed by atoms with E-state index in [1.54, 1.807) is 11.8 Å². The third kappa shape index (κ3) is 3.67. The van der Waals surface area contributed by atoms with Crippen molar-refractivity contribution in [2.75, 3.05) is 6.26 Å². The lowest BCUT2D eigenvalue weighted by Crippen LogP contribution is -2.17. The molecule has 0 amide bonds. The molecule has 0 fully saturated rings. The molecule has 0 radical (unpaired) electrons. The fourth-order valence-electron chi connectivity index (χ4n) is 2.18. The first kappa shape index (κ1) is 14.3. The maximum atomic E-state index is 5.74. The topological polar surface area (TPSA) is 38.3 Å². The highest BCUT2D eigenvalue weighted by Crippen LogP contribution is 2.22. The van der Waals surface area contributed by atoms with Gasteiger partial charge in [0.25, 0.3) is 0 Å². The first-order valence-corrected chi connectivity index (χ1v) is 7.86. The maximum absolute atomic E-state index is 5.74. The summed E-state index contributed by atoms with van der Waals surface area (Å²) in [6.45, 7) is 6.86. The van der Waals surface area contributed by atoms with E-state index in [4.69, 9.17) is 8.83 Å². The Hall–Kier alpha value is -1.13. The van der Waals surface area contributed by atoms with Crippen molar-refractivity contribution in [2.24, 2.45) is 0 Å². The molecule has 104 valence electrons. The number of rotatable bonds is 6. The fraction of sp³-hybridized carbons (Fsp3) is 0.467. The monoisotopic (exact) mass is 279 g/mol. The van der Waals surface area contributed by atoms with Gasteiger partial charge in [-0.2, -0.15) is 11.8 Å². The molecule has 3 nitrogen and oxygen atoms in total. The summed E-state index contributed by atoms with van der Waals surface area (Å²) in [7, 11) is 0. The molecule has 1 unspecified atom stereocenters. The molecule has 0 spiro atoms. The van der Waals surface area contributed by atoms with Crippen LogP contribution in [0.5, 0.6) is 0 Å². The van der Waals surface area contributed by atoms with Gasteiger partial charge in [0.1, 0.15) is 23.0 Å². The summed E-state index contributed by atoms with van der Waals surface area (Å²) >= 11 is 1.77. The summed E-state index contributed by atoms with van der Waals surface area (Å²) in [5.41, 5.74) is 1.22. The van der Waals surface area contributed by atoms with Gasteiger partial charge < -0.3 is 14.2 Å². The predicted molar refractivity (Wildman–Crippen MR) is 79.4 cm³/mol. The van der Waals surface area contributed by atoms with Gasteiger partial charge in [-0.05, 0) is 45.2 Å². The van der Waals surface area contributed by atoms with Crippen LogP contribution < -0.4 is 5.32 Å². The fourth-order valence-corrected chi connectivity index (χ4v) is 2.62. The zero-order chi connectivity index (χ0) is 13.8. The minimum absolute atomic E-state index is 0.256. The molecule has 1 atom stereocenters. The zero-order valence-electron chi connectivity index (χ0n) is 11.9. The van der Waals surface area contributed by atoms with Gasteiger partial charge in [0.05, 0.1) is 12.3 Å². The number of thioether (sulfide) groups is 1. The highest BCUT2D eigenvalue weighted by Gasteiger charge is 2.12. The van der Waals surface area contributed by atoms with Crippen LogP contribution in [0.3, 0.4) is 0 Å². The Morgan fingerprint density at radius 3 is 2.58 bits per heavy atom. The van der Waals surface area contributed by atoms with Gasteiger partial charge >= 0.3 is 0 Å². The second-order valence-corrected chi connectivity index (χ2v) is 5.64. The van der Waals surface area contributed by atoms with Crippen molar-refractivity contribution >= 4 is 11.8 Å². The van der Waals surface area contributed by atoms with E-state index >= 15 is 0 Å². The van der Waals surface area contributed by atoms with Crippen molar-refractivity contribution in [1.29, 1.82) is 0 Å². The van der Waals surface area contributed by atoms with E-state index < -0.39 is 0 Å². The predicted octanol–water partition coefficient (Wildman–Crippen LogP) is 4.20. The molecule has 0 aromatic carbocycles. The van der Waals surface area contributed by atoms with Crippen LogP contribution in [0.4, 0.5) is 0 Å². The second kappa shape index (κ2) is 6.35. The molecule has 2 rings (SSSR count). The lowest BCUT2D eigenvalue weighted by molar-refractivity contribution is 0.438. The van der Waals surface area contributed by atoms with Crippen LogP contribution in [0.2, 0.25) is 0 Å². The van der Waals surface area contributed by atoms with Crippen LogP contribution in [0.1, 0.15) is 41.6 Å². The van der Waals surface area contributed by atoms with E-state index in [0.29, 0.717) is 0 Å². The Bertz CT molecular complexity index is 530. The molecule has 0 bridgehead atoms. The highest BCUT2D eigenvalue weighted by atomic mass is 32.2. The third-order valence-electron chi connectivity index (χ3n) is 3.13. The van der Waals surface area contributed by atoms with E-state index in [1.165, 1.54) is 5.56 Å². The number of furan rings is 2. The van der Waals surface area contributed by atoms with Gasteiger partial charge in [-0.25, -0.2) is 0 Å². The number of hydrogen-bond donors (Lipinski definition) is 1. The minimum atomic E-state index is 0.256. The van der Waals surface area contributed by atoms with Gasteiger partial charge in [0.15, 0.2) is 0 Å². The molecule has 0 saturated carbocycles. The average Bonchev–Trinajstić information content (AvgIpc) is 2.93. The van der Waals surface area contributed by atoms with Crippen molar-refractivity contribution in [3.8, 4) is 0 Å². The SMILES string of the molecule is CSCc1ccc(CNC(C)c2cc(C)oc2C)o1. The molecule has 4 heteroatoms. The van der Waals surface area contributed by atoms with E-state index in [2.05, 4.69) is 24.6 Å². The summed E-state index contributed by atoms with van der Waals surface area (Å²) in [4.78, 5) is 0. The molecule has 0 aliphatic carbocycles. The second-order valence-electron chi connectivity index (χ2n) is 4.77. The minimum Gasteiger partial charge on any atom is -0.466 e. The maximum Gasteiger partial charge on any atom is 0.118 e. The van der Waals surface area contributed by atoms with Crippen LogP contribution in [0, 0.1) is 13.8 Å². The molecule has 0 saturated heterocycles. The Morgan fingerprint density at radius 2 is 1.95 bits per heavy atom. The molecule has 19 heavy (non-hydrogen) atoms. The zero-order valence-corrected chi connectivity index (χ0v) is 12.8. The van der Waals surface area contributed by atoms with Crippen LogP contribution in [-0.4, -0.2) is 6.26 Å². The Morgan fingerprint density at radius 1 is 1.21 bits per heavy atom. The molecule has 2 aromatic rings. The number of hydrogen-bond acceptors (Lipinski definition) is 4. The smallest absolute Gasteiger partial charge is 0.118 e. The molecule has 1 N–H and O–H groups in total. The van der Waals surface area contributed by atoms with E-state index in [9.17, 15) is 0 Å². The third-order valence-corrected chi connectivity index (χ3v) is 3.71. The summed E-state index contributed by atoms with van der Waals surface area (Å²) < 4.78 is 11.3. The van der Waals surface area contributed by atoms with Crippen LogP contribution in [-0.2, 0) is 12.3 Å². The van der Waals surface area contributed by atoms with Crippen molar-refractivity contribution < 1.29 is 8.83 Å². The van der Waals surface area contributed by atoms with Gasteiger partial charge in [-0.3, -0.25) is 0 Å². The number of aryl methyl sites for hydroxylation is 2. The Labute approximate surface area is 118 Å². The van der Waals surface area contributed by atoms with Crippen molar-refractivity contribution in [3.05, 3.63) is 46.8 Å². The summed E-state index contributed by atoms with van der Waals surface area (Å²) in [5, 5.41) is 3.46. The highest BCUT2D eigenvalue weighted by molar-refractivity contribution is 7.97. The first-order chi connectivity index (χ1) is 9.10. The Kier molecular flexibility index (Phi) is 4.77. The van der Waals surface area contributed by atoms with Crippen molar-refractivity contribution in [2.45, 2.75) is 39.1 Å². The lowest BCUT2D eigenvalue weighted by Gasteiger charge is -2.11. The van der Waals surface area contributed by atoms with E-state index in [0.717, 1.165) is 35.3 Å². The normalized spacial score (nSPS) is 12.8. The quantitative estimate of drug-likeness (QED) is 0.860. The van der Waals surface area contributed by atoms with Crippen molar-refractivity contribution in [1.82, 2.24) is 5.32 Å². The Balaban J connectivity index is 1.92. The van der Waals surface area contributed by atoms with Crippen LogP contribution in [0.15, 0.2) is 27.0 Å². The van der Waals surface area contributed by atoms with Gasteiger partial charge in [0, 0.05) is 11.6 Å². The van der Waals surface area contributed by atoms with Gasteiger partial charge in [-0.1, -0.05) is 0 Å². The van der Waals surface area contributed by atoms with E-state index in [-0.39, 0.29) is 6.04 Å². The molecule has 0 aliphatic rings. The van der Waals surface area contributed by atoms with Gasteiger partial charge in [0.2, 0.25) is 0 Å². The standard InChI is InChI=1S/C15H21NO2S/c1-10-7-15(12(3)17-10)11(2)16-8-13-5-6-14(18-13)9-19-4/h5-7,11,16H,8-9H2,1-4H3. The molecular weight excluding hydrogens is 258 g/mol. The molecule has 2 heterocycles. The molecular formula is C15H21NO2S. The molecule has 2 aromatic heterocycles. The summed E-state index contributed by atoms with van der Waals surface area (Å²) in [6, 6.07) is 6.44. The summed E-state index contributed by atoms with van der Waals surface area (Å²) in [6.07, 6.45) is 2.08. The largest absolute Gasteiger partial charge is 0.466 e. The summed E-state index contributed by atoms with van der Waals surface area (Å²) in [5.74, 6) is 4.89. The first-order valence-electron chi connectivity index (χ1n) is 6.47. The average molecular weight is 279 g/mol. The van der Waals surface area contributed by atoms with Crippen LogP contribution in [0.25, 0.3) is 0 Å². The van der Waals surface area contributed by atoms with Crippen molar-refractivity contribution in [3.63, 3.8) is 0 Å². The van der Waals surface area contributed by atoms with E-state index in [1.807, 2.05) is 26.0 Å². The molecule has 0 aliphatic heterocycles.